The molecule has 2 saturated heterocycles. The van der Waals surface area contributed by atoms with Gasteiger partial charge in [0.1, 0.15) is 0 Å². The maximum absolute atomic E-state index is 12.3. The van der Waals surface area contributed by atoms with E-state index in [9.17, 15) is 9.59 Å². The number of carbonyl (C=O) groups excluding carboxylic acids is 1. The Balaban J connectivity index is 1.85. The molecule has 0 aliphatic carbocycles. The Morgan fingerprint density at radius 3 is 2.56 bits per heavy atom. The highest BCUT2D eigenvalue weighted by Crippen LogP contribution is 2.23. The van der Waals surface area contributed by atoms with Crippen LogP contribution in [0.4, 0.5) is 4.79 Å². The van der Waals surface area contributed by atoms with E-state index in [0.29, 0.717) is 19.0 Å². The van der Waals surface area contributed by atoms with Gasteiger partial charge in [0.25, 0.3) is 0 Å². The summed E-state index contributed by atoms with van der Waals surface area (Å²) in [6, 6.07) is 0.106. The number of aliphatic carboxylic acids is 1. The van der Waals surface area contributed by atoms with E-state index in [1.54, 1.807) is 0 Å². The zero-order valence-corrected chi connectivity index (χ0v) is 11.0. The molecule has 2 rings (SSSR count). The van der Waals surface area contributed by atoms with E-state index in [2.05, 4.69) is 6.92 Å². The van der Waals surface area contributed by atoms with Gasteiger partial charge in [0.2, 0.25) is 0 Å². The Kier molecular flexibility index (Phi) is 4.09. The molecule has 2 aliphatic heterocycles. The van der Waals surface area contributed by atoms with Crippen LogP contribution >= 0.6 is 0 Å². The van der Waals surface area contributed by atoms with Gasteiger partial charge < -0.3 is 14.9 Å². The highest BCUT2D eigenvalue weighted by atomic mass is 16.4. The van der Waals surface area contributed by atoms with Crippen molar-refractivity contribution in [2.24, 2.45) is 11.8 Å². The summed E-state index contributed by atoms with van der Waals surface area (Å²) in [6.07, 6.45) is 3.28. The largest absolute Gasteiger partial charge is 0.481 e. The molecule has 2 amide bonds. The zero-order chi connectivity index (χ0) is 13.1. The van der Waals surface area contributed by atoms with Crippen molar-refractivity contribution < 1.29 is 14.7 Å². The van der Waals surface area contributed by atoms with Crippen LogP contribution in [0.1, 0.15) is 32.6 Å². The van der Waals surface area contributed by atoms with Crippen molar-refractivity contribution in [3.8, 4) is 0 Å². The number of carboxylic acids is 1. The van der Waals surface area contributed by atoms with Crippen LogP contribution in [-0.2, 0) is 4.79 Å². The van der Waals surface area contributed by atoms with Crippen molar-refractivity contribution in [1.82, 2.24) is 9.80 Å². The van der Waals surface area contributed by atoms with E-state index in [0.717, 1.165) is 25.9 Å². The van der Waals surface area contributed by atoms with Crippen LogP contribution in [0, 0.1) is 11.8 Å². The quantitative estimate of drug-likeness (QED) is 0.814. The Labute approximate surface area is 108 Å². The first-order valence-corrected chi connectivity index (χ1v) is 6.82. The predicted octanol–water partition coefficient (Wildman–Crippen LogP) is 1.63. The molecule has 2 atom stereocenters. The van der Waals surface area contributed by atoms with Gasteiger partial charge >= 0.3 is 12.0 Å². The highest BCUT2D eigenvalue weighted by molar-refractivity contribution is 5.75. The summed E-state index contributed by atoms with van der Waals surface area (Å²) >= 11 is 0. The van der Waals surface area contributed by atoms with E-state index < -0.39 is 5.97 Å². The smallest absolute Gasteiger partial charge is 0.320 e. The fourth-order valence-electron chi connectivity index (χ4n) is 2.98. The molecule has 0 bridgehead atoms. The lowest BCUT2D eigenvalue weighted by molar-refractivity contribution is -0.138. The molecule has 2 fully saturated rings. The molecule has 2 unspecified atom stereocenters. The van der Waals surface area contributed by atoms with Crippen molar-refractivity contribution >= 4 is 12.0 Å². The number of hydrogen-bond acceptors (Lipinski definition) is 2. The molecule has 0 saturated carbocycles. The number of nitrogens with zero attached hydrogens (tertiary/aromatic N) is 2. The summed E-state index contributed by atoms with van der Waals surface area (Å²) in [5, 5.41) is 8.77. The molecule has 1 N–H and O–H groups in total. The molecule has 18 heavy (non-hydrogen) atoms. The van der Waals surface area contributed by atoms with Crippen LogP contribution in [-0.4, -0.2) is 53.1 Å². The maximum atomic E-state index is 12.3. The number of hydrogen-bond donors (Lipinski definition) is 1. The molecule has 0 aromatic carbocycles. The first-order chi connectivity index (χ1) is 8.56. The van der Waals surface area contributed by atoms with E-state index in [1.165, 1.54) is 6.42 Å². The van der Waals surface area contributed by atoms with Gasteiger partial charge in [-0.1, -0.05) is 6.92 Å². The number of carboxylic acid groups (broad SMARTS) is 1. The molecular formula is C13H22N2O3. The van der Waals surface area contributed by atoms with Gasteiger partial charge in [-0.05, 0) is 31.1 Å². The third kappa shape index (κ3) is 3.15. The second-order valence-electron chi connectivity index (χ2n) is 5.67. The molecule has 102 valence electrons. The SMILES string of the molecule is CC1CCCN(C(=O)N2CCC(CC(=O)O)C2)C1. The predicted molar refractivity (Wildman–Crippen MR) is 67.3 cm³/mol. The van der Waals surface area contributed by atoms with Crippen LogP contribution in [0.2, 0.25) is 0 Å². The summed E-state index contributed by atoms with van der Waals surface area (Å²) in [4.78, 5) is 26.7. The lowest BCUT2D eigenvalue weighted by Crippen LogP contribution is -2.46. The Morgan fingerprint density at radius 1 is 1.17 bits per heavy atom. The summed E-state index contributed by atoms with van der Waals surface area (Å²) in [7, 11) is 0. The fourth-order valence-corrected chi connectivity index (χ4v) is 2.98. The van der Waals surface area contributed by atoms with Crippen LogP contribution < -0.4 is 0 Å². The topological polar surface area (TPSA) is 60.9 Å². The summed E-state index contributed by atoms with van der Waals surface area (Å²) in [5.74, 6) is -0.0466. The lowest BCUT2D eigenvalue weighted by Gasteiger charge is -2.34. The number of likely N-dealkylation sites (tertiary alicyclic amines) is 2. The van der Waals surface area contributed by atoms with Crippen LogP contribution in [0.3, 0.4) is 0 Å². The van der Waals surface area contributed by atoms with Gasteiger partial charge in [0, 0.05) is 32.6 Å². The van der Waals surface area contributed by atoms with Gasteiger partial charge in [0.05, 0.1) is 0 Å². The number of amides is 2. The molecule has 5 nitrogen and oxygen atoms in total. The first-order valence-electron chi connectivity index (χ1n) is 6.82. The monoisotopic (exact) mass is 254 g/mol. The Hall–Kier alpha value is -1.26. The Bertz CT molecular complexity index is 332. The van der Waals surface area contributed by atoms with E-state index in [-0.39, 0.29) is 18.4 Å². The van der Waals surface area contributed by atoms with Gasteiger partial charge in [-0.2, -0.15) is 0 Å². The van der Waals surface area contributed by atoms with Crippen molar-refractivity contribution in [3.05, 3.63) is 0 Å². The summed E-state index contributed by atoms with van der Waals surface area (Å²) in [5.41, 5.74) is 0. The lowest BCUT2D eigenvalue weighted by atomic mass is 10.0. The third-order valence-electron chi connectivity index (χ3n) is 3.95. The van der Waals surface area contributed by atoms with Crippen LogP contribution in [0.5, 0.6) is 0 Å². The molecular weight excluding hydrogens is 232 g/mol. The number of carbonyl (C=O) groups is 2. The number of piperidine rings is 1. The molecule has 2 aliphatic rings. The van der Waals surface area contributed by atoms with Crippen molar-refractivity contribution in [2.45, 2.75) is 32.6 Å². The maximum Gasteiger partial charge on any atom is 0.320 e. The zero-order valence-electron chi connectivity index (χ0n) is 11.0. The van der Waals surface area contributed by atoms with Crippen molar-refractivity contribution in [1.29, 1.82) is 0 Å². The molecule has 0 aromatic rings. The first kappa shape index (κ1) is 13.2. The van der Waals surface area contributed by atoms with Gasteiger partial charge in [0.15, 0.2) is 0 Å². The minimum atomic E-state index is -0.763. The standard InChI is InChI=1S/C13H22N2O3/c1-10-3-2-5-14(8-10)13(18)15-6-4-11(9-15)7-12(16)17/h10-11H,2-9H2,1H3,(H,16,17). The summed E-state index contributed by atoms with van der Waals surface area (Å²) in [6.45, 7) is 5.19. The summed E-state index contributed by atoms with van der Waals surface area (Å²) < 4.78 is 0. The van der Waals surface area contributed by atoms with E-state index in [1.807, 2.05) is 9.80 Å². The normalized spacial score (nSPS) is 28.5. The highest BCUT2D eigenvalue weighted by Gasteiger charge is 2.31. The van der Waals surface area contributed by atoms with Crippen molar-refractivity contribution in [2.75, 3.05) is 26.2 Å². The second kappa shape index (κ2) is 5.59. The second-order valence-corrected chi connectivity index (χ2v) is 5.67. The molecule has 2 heterocycles. The van der Waals surface area contributed by atoms with Crippen LogP contribution in [0.15, 0.2) is 0 Å². The Morgan fingerprint density at radius 2 is 1.89 bits per heavy atom. The van der Waals surface area contributed by atoms with Crippen molar-refractivity contribution in [3.63, 3.8) is 0 Å². The minimum Gasteiger partial charge on any atom is -0.481 e. The van der Waals surface area contributed by atoms with Gasteiger partial charge in [-0.15, -0.1) is 0 Å². The van der Waals surface area contributed by atoms with E-state index in [4.69, 9.17) is 5.11 Å². The average molecular weight is 254 g/mol. The molecule has 5 heteroatoms. The number of rotatable bonds is 2. The molecule has 0 spiro atoms. The van der Waals surface area contributed by atoms with Crippen LogP contribution in [0.25, 0.3) is 0 Å². The molecule has 0 radical (unpaired) electrons. The molecule has 0 aromatic heterocycles. The fraction of sp³-hybridized carbons (Fsp3) is 0.846. The van der Waals surface area contributed by atoms with E-state index >= 15 is 0 Å². The number of urea groups is 1. The average Bonchev–Trinajstić information content (AvgIpc) is 2.75. The van der Waals surface area contributed by atoms with Gasteiger partial charge in [-0.3, -0.25) is 4.79 Å². The van der Waals surface area contributed by atoms with Gasteiger partial charge in [-0.25, -0.2) is 4.79 Å². The third-order valence-corrected chi connectivity index (χ3v) is 3.95. The minimum absolute atomic E-state index is 0.106.